The molecule has 0 heterocycles. The van der Waals surface area contributed by atoms with Gasteiger partial charge in [-0.25, -0.2) is 0 Å². The molecule has 2 atom stereocenters. The van der Waals surface area contributed by atoms with Gasteiger partial charge >= 0.3 is 17.9 Å². The summed E-state index contributed by atoms with van der Waals surface area (Å²) in [5, 5.41) is 0. The fourth-order valence-corrected chi connectivity index (χ4v) is 4.28. The summed E-state index contributed by atoms with van der Waals surface area (Å²) < 4.78 is 16.3. The van der Waals surface area contributed by atoms with Crippen molar-refractivity contribution >= 4 is 17.9 Å². The molecule has 0 aliphatic rings. The number of carbonyl (C=O) groups is 3. The molecule has 0 spiro atoms. The minimum Gasteiger partial charge on any atom is -0.466 e. The third kappa shape index (κ3) is 21.1. The van der Waals surface area contributed by atoms with E-state index in [1.807, 2.05) is 0 Å². The highest BCUT2D eigenvalue weighted by Crippen LogP contribution is 2.21. The fraction of sp³-hybridized carbons (Fsp3) is 0.903. The van der Waals surface area contributed by atoms with Crippen LogP contribution >= 0.6 is 0 Å². The second kappa shape index (κ2) is 26.0. The van der Waals surface area contributed by atoms with Crippen LogP contribution in [0.3, 0.4) is 0 Å². The van der Waals surface area contributed by atoms with E-state index in [0.717, 1.165) is 57.8 Å². The molecule has 0 amide bonds. The van der Waals surface area contributed by atoms with Crippen molar-refractivity contribution in [2.75, 3.05) is 19.8 Å². The lowest BCUT2D eigenvalue weighted by Crippen LogP contribution is -2.33. The van der Waals surface area contributed by atoms with E-state index in [1.165, 1.54) is 57.8 Å². The van der Waals surface area contributed by atoms with Crippen LogP contribution in [-0.4, -0.2) is 37.7 Å². The van der Waals surface area contributed by atoms with Gasteiger partial charge in [-0.2, -0.15) is 0 Å². The van der Waals surface area contributed by atoms with Crippen LogP contribution in [0.2, 0.25) is 0 Å². The number of rotatable bonds is 26. The van der Waals surface area contributed by atoms with E-state index in [1.54, 1.807) is 6.92 Å². The number of ether oxygens (including phenoxy) is 3. The molecule has 0 fully saturated rings. The third-order valence-electron chi connectivity index (χ3n) is 6.91. The van der Waals surface area contributed by atoms with Crippen LogP contribution < -0.4 is 0 Å². The summed E-state index contributed by atoms with van der Waals surface area (Å²) in [4.78, 5) is 38.1. The van der Waals surface area contributed by atoms with Crippen molar-refractivity contribution in [2.45, 2.75) is 150 Å². The lowest BCUT2D eigenvalue weighted by atomic mass is 9.91. The SMILES string of the molecule is CCCCCCCCOC(=O)CC(C(=O)OCCCCCCCC)C(C)C(=O)OCCCCCCCC. The lowest BCUT2D eigenvalue weighted by molar-refractivity contribution is -0.164. The average molecular weight is 527 g/mol. The maximum absolute atomic E-state index is 12.9. The van der Waals surface area contributed by atoms with E-state index in [0.29, 0.717) is 19.8 Å². The first-order valence-electron chi connectivity index (χ1n) is 15.5. The van der Waals surface area contributed by atoms with Gasteiger partial charge in [0.05, 0.1) is 38.1 Å². The van der Waals surface area contributed by atoms with Crippen LogP contribution in [0.25, 0.3) is 0 Å². The summed E-state index contributed by atoms with van der Waals surface area (Å²) in [6.07, 6.45) is 19.6. The number of carbonyl (C=O) groups excluding carboxylic acids is 3. The molecule has 0 saturated carbocycles. The Labute approximate surface area is 228 Å². The maximum atomic E-state index is 12.9. The Morgan fingerprint density at radius 3 is 1.27 bits per heavy atom. The Balaban J connectivity index is 4.63. The zero-order valence-corrected chi connectivity index (χ0v) is 24.7. The largest absolute Gasteiger partial charge is 0.466 e. The molecule has 0 rings (SSSR count). The quantitative estimate of drug-likeness (QED) is 0.0640. The summed E-state index contributed by atoms with van der Waals surface area (Å²) >= 11 is 0. The molecule has 0 radical (unpaired) electrons. The van der Waals surface area contributed by atoms with Crippen LogP contribution in [0.15, 0.2) is 0 Å². The van der Waals surface area contributed by atoms with Crippen molar-refractivity contribution in [1.29, 1.82) is 0 Å². The first kappa shape index (κ1) is 35.4. The second-order valence-corrected chi connectivity index (χ2v) is 10.5. The number of hydrogen-bond donors (Lipinski definition) is 0. The van der Waals surface area contributed by atoms with E-state index < -0.39 is 29.7 Å². The Hall–Kier alpha value is -1.59. The molecule has 0 aromatic heterocycles. The average Bonchev–Trinajstić information content (AvgIpc) is 2.89. The Kier molecular flexibility index (Phi) is 24.9. The molecular formula is C31H58O6. The van der Waals surface area contributed by atoms with Gasteiger partial charge in [0.15, 0.2) is 0 Å². The minimum absolute atomic E-state index is 0.154. The number of esters is 3. The van der Waals surface area contributed by atoms with Gasteiger partial charge < -0.3 is 14.2 Å². The molecule has 218 valence electrons. The van der Waals surface area contributed by atoms with Gasteiger partial charge in [0.25, 0.3) is 0 Å². The number of hydrogen-bond acceptors (Lipinski definition) is 6. The van der Waals surface area contributed by atoms with Crippen LogP contribution in [-0.2, 0) is 28.6 Å². The molecule has 0 N–H and O–H groups in total. The molecule has 0 saturated heterocycles. The summed E-state index contributed by atoms with van der Waals surface area (Å²) in [6.45, 7) is 9.21. The predicted molar refractivity (Wildman–Crippen MR) is 150 cm³/mol. The second-order valence-electron chi connectivity index (χ2n) is 10.5. The van der Waals surface area contributed by atoms with E-state index in [9.17, 15) is 14.4 Å². The monoisotopic (exact) mass is 526 g/mol. The Bertz CT molecular complexity index is 562. The molecule has 0 aliphatic carbocycles. The van der Waals surface area contributed by atoms with Crippen molar-refractivity contribution in [3.63, 3.8) is 0 Å². The van der Waals surface area contributed by atoms with Crippen molar-refractivity contribution in [1.82, 2.24) is 0 Å². The van der Waals surface area contributed by atoms with Gasteiger partial charge in [-0.1, -0.05) is 124 Å². The summed E-state index contributed by atoms with van der Waals surface area (Å²) in [5.41, 5.74) is 0. The first-order valence-corrected chi connectivity index (χ1v) is 15.5. The van der Waals surface area contributed by atoms with E-state index in [2.05, 4.69) is 20.8 Å². The Morgan fingerprint density at radius 1 is 0.486 bits per heavy atom. The zero-order chi connectivity index (χ0) is 27.6. The van der Waals surface area contributed by atoms with Gasteiger partial charge in [0, 0.05) is 0 Å². The topological polar surface area (TPSA) is 78.9 Å². The first-order chi connectivity index (χ1) is 18.0. The molecule has 6 heteroatoms. The third-order valence-corrected chi connectivity index (χ3v) is 6.91. The van der Waals surface area contributed by atoms with Crippen LogP contribution in [0.1, 0.15) is 150 Å². The van der Waals surface area contributed by atoms with Gasteiger partial charge in [-0.3, -0.25) is 14.4 Å². The van der Waals surface area contributed by atoms with Gasteiger partial charge in [0.1, 0.15) is 0 Å². The van der Waals surface area contributed by atoms with Crippen molar-refractivity contribution in [3.05, 3.63) is 0 Å². The predicted octanol–water partition coefficient (Wildman–Crippen LogP) is 8.34. The highest BCUT2D eigenvalue weighted by Gasteiger charge is 2.35. The van der Waals surface area contributed by atoms with Crippen LogP contribution in [0.4, 0.5) is 0 Å². The molecule has 2 unspecified atom stereocenters. The zero-order valence-electron chi connectivity index (χ0n) is 24.7. The summed E-state index contributed by atoms with van der Waals surface area (Å²) in [6, 6.07) is 0. The van der Waals surface area contributed by atoms with Gasteiger partial charge in [-0.15, -0.1) is 0 Å². The molecule has 37 heavy (non-hydrogen) atoms. The van der Waals surface area contributed by atoms with Crippen molar-refractivity contribution in [3.8, 4) is 0 Å². The molecule has 0 aliphatic heterocycles. The van der Waals surface area contributed by atoms with E-state index >= 15 is 0 Å². The maximum Gasteiger partial charge on any atom is 0.310 e. The van der Waals surface area contributed by atoms with Gasteiger partial charge in [-0.05, 0) is 19.3 Å². The van der Waals surface area contributed by atoms with Gasteiger partial charge in [0.2, 0.25) is 0 Å². The normalized spacial score (nSPS) is 12.6. The molecule has 0 bridgehead atoms. The Morgan fingerprint density at radius 2 is 0.838 bits per heavy atom. The molecule has 0 aromatic rings. The highest BCUT2D eigenvalue weighted by atomic mass is 16.5. The van der Waals surface area contributed by atoms with Crippen LogP contribution in [0.5, 0.6) is 0 Å². The highest BCUT2D eigenvalue weighted by molar-refractivity contribution is 5.85. The van der Waals surface area contributed by atoms with E-state index in [-0.39, 0.29) is 6.42 Å². The summed E-state index contributed by atoms with van der Waals surface area (Å²) in [5.74, 6) is -3.04. The lowest BCUT2D eigenvalue weighted by Gasteiger charge is -2.21. The molecule has 0 aromatic carbocycles. The van der Waals surface area contributed by atoms with Crippen molar-refractivity contribution in [2.24, 2.45) is 11.8 Å². The van der Waals surface area contributed by atoms with Crippen molar-refractivity contribution < 1.29 is 28.6 Å². The van der Waals surface area contributed by atoms with E-state index in [4.69, 9.17) is 14.2 Å². The smallest absolute Gasteiger partial charge is 0.310 e. The van der Waals surface area contributed by atoms with Crippen LogP contribution in [0, 0.1) is 11.8 Å². The fourth-order valence-electron chi connectivity index (χ4n) is 4.28. The molecule has 6 nitrogen and oxygen atoms in total. The standard InChI is InChI=1S/C31H58O6/c1-5-8-11-14-17-20-23-35-29(32)26-28(31(34)37-25-22-19-16-13-10-7-3)27(4)30(33)36-24-21-18-15-12-9-6-2/h27-28H,5-26H2,1-4H3. The summed E-state index contributed by atoms with van der Waals surface area (Å²) in [7, 11) is 0. The number of unbranched alkanes of at least 4 members (excludes halogenated alkanes) is 15. The minimum atomic E-state index is -0.880. The molecular weight excluding hydrogens is 468 g/mol.